The van der Waals surface area contributed by atoms with Crippen LogP contribution in [-0.4, -0.2) is 37.4 Å². The van der Waals surface area contributed by atoms with Crippen molar-refractivity contribution in [1.82, 2.24) is 0 Å². The molecule has 1 aliphatic carbocycles. The Morgan fingerprint density at radius 3 is 2.30 bits per heavy atom. The zero-order valence-corrected chi connectivity index (χ0v) is 16.8. The summed E-state index contributed by atoms with van der Waals surface area (Å²) >= 11 is 0. The Morgan fingerprint density at radius 1 is 0.767 bits per heavy atom. The van der Waals surface area contributed by atoms with E-state index in [1.165, 1.54) is 17.5 Å². The van der Waals surface area contributed by atoms with Crippen LogP contribution in [0.4, 0.5) is 0 Å². The van der Waals surface area contributed by atoms with Gasteiger partial charge in [0.15, 0.2) is 29.7 Å². The third kappa shape index (κ3) is 4.70. The van der Waals surface area contributed by atoms with Crippen molar-refractivity contribution in [3.8, 4) is 11.5 Å². The zero-order valence-electron chi connectivity index (χ0n) is 16.8. The summed E-state index contributed by atoms with van der Waals surface area (Å²) in [6.45, 7) is 0.533. The molecule has 1 aliphatic heterocycles. The average Bonchev–Trinajstić information content (AvgIpc) is 2.80. The van der Waals surface area contributed by atoms with Gasteiger partial charge in [0.25, 0.3) is 0 Å². The second-order valence-corrected chi connectivity index (χ2v) is 7.56. The Hall–Kier alpha value is -3.15. The van der Waals surface area contributed by atoms with E-state index >= 15 is 0 Å². The highest BCUT2D eigenvalue weighted by Gasteiger charge is 2.18. The molecule has 4 rings (SSSR count). The lowest BCUT2D eigenvalue weighted by molar-refractivity contribution is -0.142. The van der Waals surface area contributed by atoms with Gasteiger partial charge >= 0.3 is 5.97 Å². The molecule has 0 N–H and O–H groups in total. The first-order chi connectivity index (χ1) is 14.6. The number of ether oxygens (including phenoxy) is 3. The van der Waals surface area contributed by atoms with Gasteiger partial charge in [0.2, 0.25) is 0 Å². The Kier molecular flexibility index (Phi) is 6.12. The van der Waals surface area contributed by atoms with Gasteiger partial charge in [-0.2, -0.15) is 0 Å². The molecule has 30 heavy (non-hydrogen) atoms. The number of hydrogen-bond donors (Lipinski definition) is 0. The van der Waals surface area contributed by atoms with E-state index in [4.69, 9.17) is 14.2 Å². The minimum absolute atomic E-state index is 0.0513. The second kappa shape index (κ2) is 9.11. The van der Waals surface area contributed by atoms with Crippen molar-refractivity contribution in [2.24, 2.45) is 0 Å². The molecule has 0 radical (unpaired) electrons. The van der Waals surface area contributed by atoms with E-state index < -0.39 is 5.97 Å². The van der Waals surface area contributed by atoms with Crippen LogP contribution in [0.2, 0.25) is 0 Å². The first-order valence-corrected chi connectivity index (χ1v) is 10.3. The normalized spacial score (nSPS) is 14.5. The Balaban J connectivity index is 1.26. The number of esters is 1. The number of carbonyl (C=O) groups excluding carboxylic acids is 3. The molecule has 0 unspecified atom stereocenters. The van der Waals surface area contributed by atoms with Crippen LogP contribution in [0.15, 0.2) is 36.4 Å². The van der Waals surface area contributed by atoms with Crippen LogP contribution < -0.4 is 9.47 Å². The van der Waals surface area contributed by atoms with Crippen LogP contribution in [-0.2, 0) is 22.4 Å². The van der Waals surface area contributed by atoms with Crippen molar-refractivity contribution in [1.29, 1.82) is 0 Å². The summed E-state index contributed by atoms with van der Waals surface area (Å²) in [7, 11) is 0. The molecule has 0 fully saturated rings. The number of rotatable bonds is 7. The first-order valence-electron chi connectivity index (χ1n) is 10.3. The van der Waals surface area contributed by atoms with E-state index in [0.29, 0.717) is 35.8 Å². The standard InChI is InChI=1S/C24H24O6/c25-20(18-6-5-16-3-1-2-4-17(16)13-18)8-10-24(27)30-15-21(26)19-7-9-22-23(14-19)29-12-11-28-22/h5-7,9,13-14H,1-4,8,10-12,15H2. The maximum absolute atomic E-state index is 12.4. The monoisotopic (exact) mass is 408 g/mol. The fraction of sp³-hybridized carbons (Fsp3) is 0.375. The number of carbonyl (C=O) groups is 3. The van der Waals surface area contributed by atoms with Crippen molar-refractivity contribution < 1.29 is 28.6 Å². The molecule has 0 bridgehead atoms. The quantitative estimate of drug-likeness (QED) is 0.513. The molecule has 0 saturated heterocycles. The first kappa shape index (κ1) is 20.1. The third-order valence-corrected chi connectivity index (χ3v) is 5.46. The van der Waals surface area contributed by atoms with Crippen molar-refractivity contribution in [2.75, 3.05) is 19.8 Å². The highest BCUT2D eigenvalue weighted by Crippen LogP contribution is 2.30. The topological polar surface area (TPSA) is 78.9 Å². The molecule has 6 heteroatoms. The second-order valence-electron chi connectivity index (χ2n) is 7.56. The van der Waals surface area contributed by atoms with Gasteiger partial charge in [-0.1, -0.05) is 12.1 Å². The molecule has 0 saturated carbocycles. The molecule has 0 atom stereocenters. The van der Waals surface area contributed by atoms with Crippen LogP contribution in [0.1, 0.15) is 57.5 Å². The average molecular weight is 408 g/mol. The van der Waals surface area contributed by atoms with Crippen molar-refractivity contribution >= 4 is 17.5 Å². The van der Waals surface area contributed by atoms with E-state index in [2.05, 4.69) is 0 Å². The van der Waals surface area contributed by atoms with Crippen LogP contribution in [0.25, 0.3) is 0 Å². The molecule has 0 amide bonds. The third-order valence-electron chi connectivity index (χ3n) is 5.46. The number of Topliss-reactive ketones (excluding diaryl/α,β-unsaturated/α-hetero) is 2. The number of fused-ring (bicyclic) bond motifs is 2. The van der Waals surface area contributed by atoms with Crippen molar-refractivity contribution in [3.05, 3.63) is 58.7 Å². The number of aryl methyl sites for hydroxylation is 2. The largest absolute Gasteiger partial charge is 0.486 e. The molecule has 2 aromatic carbocycles. The molecule has 0 aromatic heterocycles. The number of hydrogen-bond acceptors (Lipinski definition) is 6. The van der Waals surface area contributed by atoms with Gasteiger partial charge in [0.05, 0.1) is 6.42 Å². The molecule has 2 aliphatic rings. The predicted molar refractivity (Wildman–Crippen MR) is 109 cm³/mol. The molecule has 0 spiro atoms. The van der Waals surface area contributed by atoms with Crippen LogP contribution in [0.5, 0.6) is 11.5 Å². The molecular formula is C24H24O6. The summed E-state index contributed by atoms with van der Waals surface area (Å²) < 4.78 is 15.9. The minimum atomic E-state index is -0.563. The smallest absolute Gasteiger partial charge is 0.306 e. The highest BCUT2D eigenvalue weighted by molar-refractivity contribution is 5.99. The number of ketones is 2. The lowest BCUT2D eigenvalue weighted by Crippen LogP contribution is -2.17. The molecule has 2 aromatic rings. The van der Waals surface area contributed by atoms with E-state index in [-0.39, 0.29) is 31.0 Å². The summed E-state index contributed by atoms with van der Waals surface area (Å²) in [5, 5.41) is 0. The molecule has 6 nitrogen and oxygen atoms in total. The van der Waals surface area contributed by atoms with Crippen molar-refractivity contribution in [2.45, 2.75) is 38.5 Å². The maximum Gasteiger partial charge on any atom is 0.306 e. The Labute approximate surface area is 175 Å². The lowest BCUT2D eigenvalue weighted by Gasteiger charge is -2.18. The Morgan fingerprint density at radius 2 is 1.47 bits per heavy atom. The van der Waals surface area contributed by atoms with Gasteiger partial charge in [0, 0.05) is 17.5 Å². The van der Waals surface area contributed by atoms with E-state index in [9.17, 15) is 14.4 Å². The van der Waals surface area contributed by atoms with Gasteiger partial charge in [-0.05, 0) is 61.1 Å². The zero-order chi connectivity index (χ0) is 20.9. The van der Waals surface area contributed by atoms with Gasteiger partial charge in [-0.3, -0.25) is 14.4 Å². The summed E-state index contributed by atoms with van der Waals surface area (Å²) in [6.07, 6.45) is 4.42. The molecular weight excluding hydrogens is 384 g/mol. The molecule has 1 heterocycles. The summed E-state index contributed by atoms with van der Waals surface area (Å²) in [6, 6.07) is 10.7. The fourth-order valence-corrected chi connectivity index (χ4v) is 3.79. The van der Waals surface area contributed by atoms with E-state index in [1.54, 1.807) is 18.2 Å². The van der Waals surface area contributed by atoms with Crippen LogP contribution >= 0.6 is 0 Å². The predicted octanol–water partition coefficient (Wildman–Crippen LogP) is 3.73. The molecule has 156 valence electrons. The fourth-order valence-electron chi connectivity index (χ4n) is 3.79. The number of benzene rings is 2. The highest BCUT2D eigenvalue weighted by atomic mass is 16.6. The van der Waals surface area contributed by atoms with Crippen LogP contribution in [0.3, 0.4) is 0 Å². The Bertz CT molecular complexity index is 900. The van der Waals surface area contributed by atoms with Crippen molar-refractivity contribution in [3.63, 3.8) is 0 Å². The van der Waals surface area contributed by atoms with Gasteiger partial charge in [-0.25, -0.2) is 0 Å². The van der Waals surface area contributed by atoms with Gasteiger partial charge < -0.3 is 14.2 Å². The van der Waals surface area contributed by atoms with E-state index in [0.717, 1.165) is 19.3 Å². The summed E-state index contributed by atoms with van der Waals surface area (Å²) in [4.78, 5) is 36.7. The summed E-state index contributed by atoms with van der Waals surface area (Å²) in [5.41, 5.74) is 3.57. The summed E-state index contributed by atoms with van der Waals surface area (Å²) in [5.74, 6) is 0.122. The maximum atomic E-state index is 12.4. The lowest BCUT2D eigenvalue weighted by atomic mass is 9.89. The minimum Gasteiger partial charge on any atom is -0.486 e. The van der Waals surface area contributed by atoms with Gasteiger partial charge in [-0.15, -0.1) is 0 Å². The van der Waals surface area contributed by atoms with Gasteiger partial charge in [0.1, 0.15) is 13.2 Å². The SMILES string of the molecule is O=C(CCC(=O)c1ccc2c(c1)CCCC2)OCC(=O)c1ccc2c(c1)OCCO2. The van der Waals surface area contributed by atoms with E-state index in [1.807, 2.05) is 18.2 Å². The van der Waals surface area contributed by atoms with Crippen LogP contribution in [0, 0.1) is 0 Å².